The Labute approximate surface area is 125 Å². The molecule has 0 amide bonds. The van der Waals surface area contributed by atoms with Gasteiger partial charge in [0.05, 0.1) is 5.56 Å². The number of nitrogens with two attached hydrogens (primary N) is 1. The SMILES string of the molecule is Cc1ccsc1C(Oc1cccc(C(F)(F)F)c1)C(C)N. The molecule has 1 heterocycles. The quantitative estimate of drug-likeness (QED) is 0.899. The summed E-state index contributed by atoms with van der Waals surface area (Å²) in [5, 5.41) is 1.91. The summed E-state index contributed by atoms with van der Waals surface area (Å²) in [6, 6.07) is 6.45. The van der Waals surface area contributed by atoms with Gasteiger partial charge in [0, 0.05) is 10.9 Å². The summed E-state index contributed by atoms with van der Waals surface area (Å²) in [5.41, 5.74) is 6.22. The van der Waals surface area contributed by atoms with Crippen LogP contribution >= 0.6 is 11.3 Å². The number of hydrogen-bond acceptors (Lipinski definition) is 3. The van der Waals surface area contributed by atoms with Crippen LogP contribution in [0.15, 0.2) is 35.7 Å². The molecule has 114 valence electrons. The van der Waals surface area contributed by atoms with Crippen molar-refractivity contribution in [3.8, 4) is 5.75 Å². The molecular weight excluding hydrogens is 299 g/mol. The lowest BCUT2D eigenvalue weighted by Gasteiger charge is -2.23. The van der Waals surface area contributed by atoms with Gasteiger partial charge in [0.1, 0.15) is 11.9 Å². The molecule has 2 rings (SSSR count). The minimum absolute atomic E-state index is 0.167. The molecule has 0 fully saturated rings. The zero-order valence-electron chi connectivity index (χ0n) is 11.6. The molecule has 1 aromatic heterocycles. The smallest absolute Gasteiger partial charge is 0.416 e. The predicted octanol–water partition coefficient (Wildman–Crippen LogP) is 4.54. The van der Waals surface area contributed by atoms with E-state index in [4.69, 9.17) is 10.5 Å². The fourth-order valence-electron chi connectivity index (χ4n) is 1.97. The normalized spacial score (nSPS) is 14.8. The van der Waals surface area contributed by atoms with E-state index in [0.29, 0.717) is 0 Å². The zero-order valence-corrected chi connectivity index (χ0v) is 12.5. The highest BCUT2D eigenvalue weighted by atomic mass is 32.1. The van der Waals surface area contributed by atoms with Crippen LogP contribution in [0.25, 0.3) is 0 Å². The highest BCUT2D eigenvalue weighted by Gasteiger charge is 2.31. The third-order valence-electron chi connectivity index (χ3n) is 3.06. The summed E-state index contributed by atoms with van der Waals surface area (Å²) >= 11 is 1.49. The van der Waals surface area contributed by atoms with E-state index in [-0.39, 0.29) is 11.8 Å². The second kappa shape index (κ2) is 6.07. The minimum Gasteiger partial charge on any atom is -0.483 e. The zero-order chi connectivity index (χ0) is 15.6. The van der Waals surface area contributed by atoms with Gasteiger partial charge >= 0.3 is 6.18 Å². The minimum atomic E-state index is -4.39. The molecule has 2 atom stereocenters. The third-order valence-corrected chi connectivity index (χ3v) is 4.14. The Kier molecular flexibility index (Phi) is 4.58. The first kappa shape index (κ1) is 15.9. The van der Waals surface area contributed by atoms with Crippen molar-refractivity contribution in [2.45, 2.75) is 32.2 Å². The van der Waals surface area contributed by atoms with E-state index in [0.717, 1.165) is 22.6 Å². The predicted molar refractivity (Wildman–Crippen MR) is 77.5 cm³/mol. The monoisotopic (exact) mass is 315 g/mol. The van der Waals surface area contributed by atoms with Gasteiger partial charge in [-0.3, -0.25) is 0 Å². The summed E-state index contributed by atoms with van der Waals surface area (Å²) in [5.74, 6) is 0.167. The Morgan fingerprint density at radius 1 is 1.24 bits per heavy atom. The maximum atomic E-state index is 12.7. The van der Waals surface area contributed by atoms with E-state index in [1.807, 2.05) is 18.4 Å². The van der Waals surface area contributed by atoms with Gasteiger partial charge in [0.25, 0.3) is 0 Å². The van der Waals surface area contributed by atoms with Crippen molar-refractivity contribution in [2.75, 3.05) is 0 Å². The van der Waals surface area contributed by atoms with Crippen LogP contribution in [0.4, 0.5) is 13.2 Å². The fourth-order valence-corrected chi connectivity index (χ4v) is 3.04. The molecule has 6 heteroatoms. The second-order valence-electron chi connectivity index (χ2n) is 4.89. The lowest BCUT2D eigenvalue weighted by molar-refractivity contribution is -0.137. The molecule has 2 N–H and O–H groups in total. The van der Waals surface area contributed by atoms with Crippen LogP contribution in [-0.4, -0.2) is 6.04 Å². The van der Waals surface area contributed by atoms with Crippen molar-refractivity contribution in [3.05, 3.63) is 51.7 Å². The van der Waals surface area contributed by atoms with Gasteiger partial charge in [0.2, 0.25) is 0 Å². The largest absolute Gasteiger partial charge is 0.483 e. The lowest BCUT2D eigenvalue weighted by Crippen LogP contribution is -2.29. The first-order valence-corrected chi connectivity index (χ1v) is 7.30. The van der Waals surface area contributed by atoms with Crippen LogP contribution in [-0.2, 0) is 6.18 Å². The van der Waals surface area contributed by atoms with Crippen LogP contribution in [0, 0.1) is 6.92 Å². The summed E-state index contributed by atoms with van der Waals surface area (Å²) in [7, 11) is 0. The number of ether oxygens (including phenoxy) is 1. The van der Waals surface area contributed by atoms with Crippen molar-refractivity contribution >= 4 is 11.3 Å². The van der Waals surface area contributed by atoms with E-state index >= 15 is 0 Å². The Bertz CT molecular complexity index is 607. The topological polar surface area (TPSA) is 35.2 Å². The molecule has 0 bridgehead atoms. The molecule has 0 aliphatic heterocycles. The summed E-state index contributed by atoms with van der Waals surface area (Å²) in [6.07, 6.45) is -4.85. The van der Waals surface area contributed by atoms with Crippen molar-refractivity contribution in [3.63, 3.8) is 0 Å². The van der Waals surface area contributed by atoms with Crippen LogP contribution in [0.1, 0.15) is 29.0 Å². The Morgan fingerprint density at radius 2 is 1.95 bits per heavy atom. The average Bonchev–Trinajstić information content (AvgIpc) is 2.81. The van der Waals surface area contributed by atoms with Gasteiger partial charge < -0.3 is 10.5 Å². The van der Waals surface area contributed by atoms with Gasteiger partial charge in [-0.05, 0) is 49.1 Å². The summed E-state index contributed by atoms with van der Waals surface area (Å²) in [4.78, 5) is 0.933. The standard InChI is InChI=1S/C15H16F3NOS/c1-9-6-7-21-14(9)13(10(2)19)20-12-5-3-4-11(8-12)15(16,17)18/h3-8,10,13H,19H2,1-2H3. The maximum Gasteiger partial charge on any atom is 0.416 e. The van der Waals surface area contributed by atoms with E-state index < -0.39 is 17.8 Å². The van der Waals surface area contributed by atoms with E-state index in [1.54, 1.807) is 6.92 Å². The molecule has 0 spiro atoms. The van der Waals surface area contributed by atoms with E-state index in [9.17, 15) is 13.2 Å². The van der Waals surface area contributed by atoms with Crippen molar-refractivity contribution in [2.24, 2.45) is 5.73 Å². The highest BCUT2D eigenvalue weighted by molar-refractivity contribution is 7.10. The van der Waals surface area contributed by atoms with E-state index in [1.165, 1.54) is 23.5 Å². The Hall–Kier alpha value is -1.53. The van der Waals surface area contributed by atoms with Gasteiger partial charge in [0.15, 0.2) is 0 Å². The van der Waals surface area contributed by atoms with Crippen LogP contribution < -0.4 is 10.5 Å². The maximum absolute atomic E-state index is 12.7. The van der Waals surface area contributed by atoms with Crippen molar-refractivity contribution in [1.82, 2.24) is 0 Å². The fraction of sp³-hybridized carbons (Fsp3) is 0.333. The number of rotatable bonds is 4. The summed E-state index contributed by atoms with van der Waals surface area (Å²) < 4.78 is 43.9. The molecular formula is C15H16F3NOS. The molecule has 2 unspecified atom stereocenters. The average molecular weight is 315 g/mol. The Morgan fingerprint density at radius 3 is 2.48 bits per heavy atom. The molecule has 2 nitrogen and oxygen atoms in total. The third kappa shape index (κ3) is 3.77. The molecule has 0 saturated heterocycles. The Balaban J connectivity index is 2.28. The molecule has 0 radical (unpaired) electrons. The van der Waals surface area contributed by atoms with Gasteiger partial charge in [-0.1, -0.05) is 6.07 Å². The molecule has 0 saturated carbocycles. The van der Waals surface area contributed by atoms with Crippen LogP contribution in [0.3, 0.4) is 0 Å². The lowest BCUT2D eigenvalue weighted by atomic mass is 10.1. The number of aryl methyl sites for hydroxylation is 1. The van der Waals surface area contributed by atoms with Gasteiger partial charge in [-0.25, -0.2) is 0 Å². The molecule has 2 aromatic rings. The van der Waals surface area contributed by atoms with Crippen LogP contribution in [0.2, 0.25) is 0 Å². The first-order valence-electron chi connectivity index (χ1n) is 6.42. The molecule has 1 aromatic carbocycles. The number of alkyl halides is 3. The van der Waals surface area contributed by atoms with Crippen molar-refractivity contribution in [1.29, 1.82) is 0 Å². The van der Waals surface area contributed by atoms with Gasteiger partial charge in [-0.15, -0.1) is 11.3 Å². The highest BCUT2D eigenvalue weighted by Crippen LogP contribution is 2.34. The number of thiophene rings is 1. The molecule has 21 heavy (non-hydrogen) atoms. The summed E-state index contributed by atoms with van der Waals surface area (Å²) in [6.45, 7) is 3.70. The van der Waals surface area contributed by atoms with E-state index in [2.05, 4.69) is 0 Å². The number of benzene rings is 1. The second-order valence-corrected chi connectivity index (χ2v) is 5.84. The first-order chi connectivity index (χ1) is 9.79. The van der Waals surface area contributed by atoms with Crippen molar-refractivity contribution < 1.29 is 17.9 Å². The number of halogens is 3. The van der Waals surface area contributed by atoms with Crippen LogP contribution in [0.5, 0.6) is 5.75 Å². The number of hydrogen-bond donors (Lipinski definition) is 1. The molecule has 0 aliphatic carbocycles. The van der Waals surface area contributed by atoms with Gasteiger partial charge in [-0.2, -0.15) is 13.2 Å². The molecule has 0 aliphatic rings.